The van der Waals surface area contributed by atoms with Crippen molar-refractivity contribution in [3.05, 3.63) is 28.8 Å². The first-order chi connectivity index (χ1) is 10.1. The van der Waals surface area contributed by atoms with Gasteiger partial charge in [0.15, 0.2) is 0 Å². The molecular formula is C13H15ClN6S. The largest absolute Gasteiger partial charge is 0.384 e. The van der Waals surface area contributed by atoms with E-state index in [1.807, 2.05) is 4.68 Å². The van der Waals surface area contributed by atoms with Crippen LogP contribution >= 0.6 is 23.4 Å². The number of aromatic nitrogens is 4. The summed E-state index contributed by atoms with van der Waals surface area (Å²) in [5.74, 6) is 0.00839. The average molecular weight is 323 g/mol. The van der Waals surface area contributed by atoms with E-state index < -0.39 is 0 Å². The molecule has 0 bridgehead atoms. The maximum Gasteiger partial charge on any atom is 0.214 e. The highest BCUT2D eigenvalue weighted by atomic mass is 35.5. The Morgan fingerprint density at radius 1 is 1.38 bits per heavy atom. The van der Waals surface area contributed by atoms with E-state index in [1.54, 1.807) is 18.2 Å². The number of amidine groups is 1. The van der Waals surface area contributed by atoms with Crippen LogP contribution in [0, 0.1) is 5.41 Å². The standard InChI is InChI=1S/C13H15ClN6S/c14-8-5-6-10(12(15)16)11(7-8)21-13-17-18-19-20(13)9-3-1-2-4-9/h5-7,9H,1-4H2,(H3,15,16). The fraction of sp³-hybridized carbons (Fsp3) is 0.385. The zero-order valence-corrected chi connectivity index (χ0v) is 12.9. The molecule has 21 heavy (non-hydrogen) atoms. The summed E-state index contributed by atoms with van der Waals surface area (Å²) < 4.78 is 1.88. The molecule has 3 rings (SSSR count). The van der Waals surface area contributed by atoms with Crippen LogP contribution in [0.15, 0.2) is 28.3 Å². The van der Waals surface area contributed by atoms with Crippen molar-refractivity contribution in [2.45, 2.75) is 41.8 Å². The Bertz CT molecular complexity index is 664. The van der Waals surface area contributed by atoms with Gasteiger partial charge >= 0.3 is 0 Å². The smallest absolute Gasteiger partial charge is 0.214 e. The SMILES string of the molecule is N=C(N)c1ccc(Cl)cc1Sc1nnnn1C1CCCC1. The molecule has 0 amide bonds. The van der Waals surface area contributed by atoms with Crippen molar-refractivity contribution in [2.75, 3.05) is 0 Å². The van der Waals surface area contributed by atoms with Crippen LogP contribution in [0.5, 0.6) is 0 Å². The van der Waals surface area contributed by atoms with E-state index in [2.05, 4.69) is 15.5 Å². The average Bonchev–Trinajstić information content (AvgIpc) is 3.08. The molecule has 0 spiro atoms. The number of rotatable bonds is 4. The Morgan fingerprint density at radius 2 is 2.14 bits per heavy atom. The predicted octanol–water partition coefficient (Wildman–Crippen LogP) is 2.88. The van der Waals surface area contributed by atoms with Crippen LogP contribution in [-0.2, 0) is 0 Å². The minimum Gasteiger partial charge on any atom is -0.384 e. The summed E-state index contributed by atoms with van der Waals surface area (Å²) in [6.45, 7) is 0. The second kappa shape index (κ2) is 6.03. The van der Waals surface area contributed by atoms with Gasteiger partial charge in [0.1, 0.15) is 5.84 Å². The first-order valence-electron chi connectivity index (χ1n) is 6.75. The number of tetrazole rings is 1. The molecule has 110 valence electrons. The molecule has 6 nitrogen and oxygen atoms in total. The Morgan fingerprint density at radius 3 is 2.86 bits per heavy atom. The van der Waals surface area contributed by atoms with Crippen molar-refractivity contribution >= 4 is 29.2 Å². The number of benzene rings is 1. The molecule has 1 saturated carbocycles. The van der Waals surface area contributed by atoms with E-state index in [4.69, 9.17) is 22.7 Å². The van der Waals surface area contributed by atoms with E-state index in [-0.39, 0.29) is 5.84 Å². The molecule has 0 saturated heterocycles. The van der Waals surface area contributed by atoms with Crippen molar-refractivity contribution in [1.29, 1.82) is 5.41 Å². The first kappa shape index (κ1) is 14.3. The Balaban J connectivity index is 1.92. The van der Waals surface area contributed by atoms with Gasteiger partial charge in [-0.3, -0.25) is 5.41 Å². The Labute approximate surface area is 131 Å². The van der Waals surface area contributed by atoms with E-state index in [0.29, 0.717) is 21.8 Å². The molecule has 1 aromatic heterocycles. The quantitative estimate of drug-likeness (QED) is 0.667. The van der Waals surface area contributed by atoms with Crippen molar-refractivity contribution < 1.29 is 0 Å². The minimum atomic E-state index is 0.00839. The fourth-order valence-corrected chi connectivity index (χ4v) is 3.80. The summed E-state index contributed by atoms with van der Waals surface area (Å²) >= 11 is 7.44. The summed E-state index contributed by atoms with van der Waals surface area (Å²) in [5, 5.41) is 21.0. The van der Waals surface area contributed by atoms with Crippen LogP contribution in [-0.4, -0.2) is 26.0 Å². The Hall–Kier alpha value is -1.60. The van der Waals surface area contributed by atoms with Crippen LogP contribution in [0.2, 0.25) is 5.02 Å². The van der Waals surface area contributed by atoms with Gasteiger partial charge < -0.3 is 5.73 Å². The van der Waals surface area contributed by atoms with Crippen molar-refractivity contribution in [1.82, 2.24) is 20.2 Å². The molecule has 0 atom stereocenters. The molecule has 2 aromatic rings. The van der Waals surface area contributed by atoms with E-state index in [0.717, 1.165) is 17.7 Å². The number of nitrogen functional groups attached to an aromatic ring is 1. The lowest BCUT2D eigenvalue weighted by atomic mass is 10.2. The number of hydrogen-bond donors (Lipinski definition) is 2. The van der Waals surface area contributed by atoms with Gasteiger partial charge in [0.2, 0.25) is 5.16 Å². The fourth-order valence-electron chi connectivity index (χ4n) is 2.53. The van der Waals surface area contributed by atoms with E-state index >= 15 is 0 Å². The van der Waals surface area contributed by atoms with Gasteiger partial charge in [0.05, 0.1) is 6.04 Å². The van der Waals surface area contributed by atoms with Gasteiger partial charge in [-0.15, -0.1) is 5.10 Å². The highest BCUT2D eigenvalue weighted by Gasteiger charge is 2.22. The molecule has 1 aliphatic rings. The molecule has 1 fully saturated rings. The number of halogens is 1. The zero-order chi connectivity index (χ0) is 14.8. The number of hydrogen-bond acceptors (Lipinski definition) is 5. The first-order valence-corrected chi connectivity index (χ1v) is 7.94. The van der Waals surface area contributed by atoms with Crippen LogP contribution in [0.25, 0.3) is 0 Å². The van der Waals surface area contributed by atoms with Gasteiger partial charge in [-0.2, -0.15) is 0 Å². The zero-order valence-electron chi connectivity index (χ0n) is 11.3. The molecule has 0 unspecified atom stereocenters. The molecule has 1 heterocycles. The van der Waals surface area contributed by atoms with Gasteiger partial charge in [-0.25, -0.2) is 4.68 Å². The summed E-state index contributed by atoms with van der Waals surface area (Å²) in [5.41, 5.74) is 6.27. The summed E-state index contributed by atoms with van der Waals surface area (Å²) in [6, 6.07) is 5.62. The highest BCUT2D eigenvalue weighted by molar-refractivity contribution is 7.99. The van der Waals surface area contributed by atoms with Crippen LogP contribution in [0.3, 0.4) is 0 Å². The van der Waals surface area contributed by atoms with Crippen LogP contribution in [0.4, 0.5) is 0 Å². The second-order valence-electron chi connectivity index (χ2n) is 5.00. The Kier molecular flexibility index (Phi) is 4.12. The second-order valence-corrected chi connectivity index (χ2v) is 6.45. The predicted molar refractivity (Wildman–Crippen MR) is 81.9 cm³/mol. The van der Waals surface area contributed by atoms with Crippen molar-refractivity contribution in [2.24, 2.45) is 5.73 Å². The van der Waals surface area contributed by atoms with Gasteiger partial charge in [0, 0.05) is 15.5 Å². The lowest BCUT2D eigenvalue weighted by Crippen LogP contribution is -2.13. The van der Waals surface area contributed by atoms with Gasteiger partial charge in [0.25, 0.3) is 0 Å². The number of nitrogens with one attached hydrogen (secondary N) is 1. The third-order valence-corrected chi connectivity index (χ3v) is 4.81. The summed E-state index contributed by atoms with van der Waals surface area (Å²) in [4.78, 5) is 0.795. The van der Waals surface area contributed by atoms with E-state index in [1.165, 1.54) is 24.6 Å². The van der Waals surface area contributed by atoms with Gasteiger partial charge in [-0.05, 0) is 53.2 Å². The summed E-state index contributed by atoms with van der Waals surface area (Å²) in [7, 11) is 0. The third kappa shape index (κ3) is 3.03. The monoisotopic (exact) mass is 322 g/mol. The van der Waals surface area contributed by atoms with Gasteiger partial charge in [-0.1, -0.05) is 24.4 Å². The topological polar surface area (TPSA) is 93.5 Å². The third-order valence-electron chi connectivity index (χ3n) is 3.57. The molecule has 3 N–H and O–H groups in total. The summed E-state index contributed by atoms with van der Waals surface area (Å²) in [6.07, 6.45) is 4.64. The number of nitrogens with zero attached hydrogens (tertiary/aromatic N) is 4. The number of nitrogens with two attached hydrogens (primary N) is 1. The van der Waals surface area contributed by atoms with Crippen molar-refractivity contribution in [3.8, 4) is 0 Å². The molecule has 0 radical (unpaired) electrons. The highest BCUT2D eigenvalue weighted by Crippen LogP contribution is 2.35. The maximum absolute atomic E-state index is 7.66. The molecule has 1 aromatic carbocycles. The van der Waals surface area contributed by atoms with Crippen LogP contribution < -0.4 is 5.73 Å². The van der Waals surface area contributed by atoms with E-state index in [9.17, 15) is 0 Å². The lowest BCUT2D eigenvalue weighted by molar-refractivity contribution is 0.423. The molecule has 8 heteroatoms. The maximum atomic E-state index is 7.66. The molecule has 1 aliphatic carbocycles. The van der Waals surface area contributed by atoms with Crippen molar-refractivity contribution in [3.63, 3.8) is 0 Å². The lowest BCUT2D eigenvalue weighted by Gasteiger charge is -2.12. The minimum absolute atomic E-state index is 0.00839. The normalized spacial score (nSPS) is 15.5. The molecule has 0 aliphatic heterocycles. The molecular weight excluding hydrogens is 308 g/mol. The van der Waals surface area contributed by atoms with Crippen LogP contribution in [0.1, 0.15) is 37.3 Å².